The van der Waals surface area contributed by atoms with Crippen molar-refractivity contribution in [2.75, 3.05) is 33.5 Å². The summed E-state index contributed by atoms with van der Waals surface area (Å²) in [5, 5.41) is 5.01. The van der Waals surface area contributed by atoms with E-state index in [-0.39, 0.29) is 5.56 Å². The second kappa shape index (κ2) is 10.3. The molecule has 7 nitrogen and oxygen atoms in total. The van der Waals surface area contributed by atoms with Crippen molar-refractivity contribution < 1.29 is 14.2 Å². The number of H-pyrrole nitrogens is 1. The lowest BCUT2D eigenvalue weighted by atomic mass is 9.94. The molecule has 2 N–H and O–H groups in total. The second-order valence-electron chi connectivity index (χ2n) is 8.20. The van der Waals surface area contributed by atoms with E-state index in [2.05, 4.69) is 15.2 Å². The van der Waals surface area contributed by atoms with E-state index < -0.39 is 0 Å². The van der Waals surface area contributed by atoms with Gasteiger partial charge < -0.3 is 29.4 Å². The third-order valence-electron chi connectivity index (χ3n) is 6.00. The molecule has 1 aromatic carbocycles. The molecule has 0 unspecified atom stereocenters. The van der Waals surface area contributed by atoms with Gasteiger partial charge in [0.1, 0.15) is 13.2 Å². The van der Waals surface area contributed by atoms with Gasteiger partial charge in [-0.1, -0.05) is 19.3 Å². The van der Waals surface area contributed by atoms with Gasteiger partial charge in [-0.05, 0) is 43.6 Å². The fourth-order valence-electron chi connectivity index (χ4n) is 4.36. The first-order valence-corrected chi connectivity index (χ1v) is 11.6. The minimum absolute atomic E-state index is 0.0906. The molecule has 8 heteroatoms. The molecule has 1 saturated carbocycles. The van der Waals surface area contributed by atoms with Crippen LogP contribution >= 0.6 is 12.2 Å². The molecule has 1 fully saturated rings. The van der Waals surface area contributed by atoms with Crippen molar-refractivity contribution in [3.05, 3.63) is 34.1 Å². The number of thiocarbonyl (C=S) groups is 1. The summed E-state index contributed by atoms with van der Waals surface area (Å²) < 4.78 is 16.5. The predicted octanol–water partition coefficient (Wildman–Crippen LogP) is 3.35. The standard InChI is InChI=1S/C23H31N3O4S/c1-28-9-5-8-24-23(31)26(18-6-3-2-4-7-18)15-17-12-16-13-20-21(30-11-10-29-20)14-19(16)25-22(17)27/h12-14,18H,2-11,15H2,1H3,(H,24,31)(H,25,27). The van der Waals surface area contributed by atoms with Crippen LogP contribution in [-0.4, -0.2) is 54.5 Å². The first kappa shape index (κ1) is 21.9. The van der Waals surface area contributed by atoms with Crippen molar-refractivity contribution in [3.63, 3.8) is 0 Å². The average Bonchev–Trinajstić information content (AvgIpc) is 2.79. The number of methoxy groups -OCH3 is 1. The molecule has 2 aliphatic rings. The SMILES string of the molecule is COCCCNC(=S)N(Cc1cc2cc3c(cc2[nH]c1=O)OCCO3)C1CCCCC1. The van der Waals surface area contributed by atoms with Crippen molar-refractivity contribution in [2.45, 2.75) is 51.1 Å². The van der Waals surface area contributed by atoms with Gasteiger partial charge in [0.25, 0.3) is 5.56 Å². The highest BCUT2D eigenvalue weighted by Crippen LogP contribution is 2.34. The predicted molar refractivity (Wildman–Crippen MR) is 125 cm³/mol. The Morgan fingerprint density at radius 3 is 2.68 bits per heavy atom. The number of rotatable bonds is 7. The number of ether oxygens (including phenoxy) is 3. The van der Waals surface area contributed by atoms with E-state index in [1.807, 2.05) is 18.2 Å². The maximum atomic E-state index is 12.9. The molecule has 0 saturated heterocycles. The largest absolute Gasteiger partial charge is 0.486 e. The molecule has 168 valence electrons. The molecule has 1 aromatic heterocycles. The Bertz CT molecular complexity index is 971. The summed E-state index contributed by atoms with van der Waals surface area (Å²) >= 11 is 5.75. The second-order valence-corrected chi connectivity index (χ2v) is 8.59. The highest BCUT2D eigenvalue weighted by Gasteiger charge is 2.24. The molecule has 31 heavy (non-hydrogen) atoms. The Hall–Kier alpha value is -2.32. The smallest absolute Gasteiger partial charge is 0.253 e. The summed E-state index contributed by atoms with van der Waals surface area (Å²) in [6.07, 6.45) is 6.76. The molecular formula is C23H31N3O4S. The lowest BCUT2D eigenvalue weighted by Gasteiger charge is -2.36. The van der Waals surface area contributed by atoms with Crippen LogP contribution in [0.15, 0.2) is 23.0 Å². The van der Waals surface area contributed by atoms with Gasteiger partial charge in [-0.3, -0.25) is 4.79 Å². The zero-order chi connectivity index (χ0) is 21.6. The highest BCUT2D eigenvalue weighted by molar-refractivity contribution is 7.80. The van der Waals surface area contributed by atoms with Gasteiger partial charge in [-0.15, -0.1) is 0 Å². The highest BCUT2D eigenvalue weighted by atomic mass is 32.1. The van der Waals surface area contributed by atoms with E-state index in [1.165, 1.54) is 19.3 Å². The van der Waals surface area contributed by atoms with Gasteiger partial charge >= 0.3 is 0 Å². The van der Waals surface area contributed by atoms with E-state index in [4.69, 9.17) is 26.4 Å². The molecule has 0 radical (unpaired) electrons. The number of aromatic nitrogens is 1. The maximum Gasteiger partial charge on any atom is 0.253 e. The number of pyridine rings is 1. The van der Waals surface area contributed by atoms with Crippen molar-refractivity contribution >= 4 is 28.2 Å². The Labute approximate surface area is 188 Å². The van der Waals surface area contributed by atoms with E-state index in [0.717, 1.165) is 42.5 Å². The van der Waals surface area contributed by atoms with Crippen LogP contribution in [0.3, 0.4) is 0 Å². The molecule has 1 aliphatic carbocycles. The van der Waals surface area contributed by atoms with Gasteiger partial charge in [0.05, 0.1) is 12.1 Å². The van der Waals surface area contributed by atoms with E-state index in [9.17, 15) is 4.79 Å². The fourth-order valence-corrected chi connectivity index (χ4v) is 4.68. The van der Waals surface area contributed by atoms with Crippen LogP contribution in [0.4, 0.5) is 0 Å². The molecule has 2 heterocycles. The van der Waals surface area contributed by atoms with Crippen LogP contribution in [0.1, 0.15) is 44.1 Å². The third-order valence-corrected chi connectivity index (χ3v) is 6.38. The van der Waals surface area contributed by atoms with Crippen LogP contribution in [0.5, 0.6) is 11.5 Å². The summed E-state index contributed by atoms with van der Waals surface area (Å²) in [6, 6.07) is 6.09. The first-order valence-electron chi connectivity index (χ1n) is 11.1. The average molecular weight is 446 g/mol. The van der Waals surface area contributed by atoms with Gasteiger partial charge in [0, 0.05) is 43.3 Å². The molecule has 1 aliphatic heterocycles. The zero-order valence-electron chi connectivity index (χ0n) is 18.1. The Morgan fingerprint density at radius 1 is 1.19 bits per heavy atom. The number of nitrogens with zero attached hydrogens (tertiary/aromatic N) is 1. The quantitative estimate of drug-likeness (QED) is 0.500. The van der Waals surface area contributed by atoms with Crippen molar-refractivity contribution in [1.29, 1.82) is 0 Å². The van der Waals surface area contributed by atoms with Crippen LogP contribution in [0, 0.1) is 0 Å². The normalized spacial score (nSPS) is 16.3. The van der Waals surface area contributed by atoms with Crippen molar-refractivity contribution in [1.82, 2.24) is 15.2 Å². The van der Waals surface area contributed by atoms with E-state index >= 15 is 0 Å². The Balaban J connectivity index is 1.57. The number of nitrogens with one attached hydrogen (secondary N) is 2. The third kappa shape index (κ3) is 5.30. The summed E-state index contributed by atoms with van der Waals surface area (Å²) in [5.41, 5.74) is 1.37. The molecule has 2 aromatic rings. The fraction of sp³-hybridized carbons (Fsp3) is 0.565. The number of aromatic amines is 1. The first-order chi connectivity index (χ1) is 15.2. The van der Waals surface area contributed by atoms with Crippen LogP contribution < -0.4 is 20.3 Å². The van der Waals surface area contributed by atoms with E-state index in [0.29, 0.717) is 48.8 Å². The lowest BCUT2D eigenvalue weighted by molar-refractivity contribution is 0.172. The molecule has 0 atom stereocenters. The minimum atomic E-state index is -0.0906. The monoisotopic (exact) mass is 445 g/mol. The molecule has 0 amide bonds. The Morgan fingerprint density at radius 2 is 1.94 bits per heavy atom. The molecular weight excluding hydrogens is 414 g/mol. The van der Waals surface area contributed by atoms with Crippen LogP contribution in [0.2, 0.25) is 0 Å². The van der Waals surface area contributed by atoms with Crippen LogP contribution in [-0.2, 0) is 11.3 Å². The number of hydrogen-bond donors (Lipinski definition) is 2. The van der Waals surface area contributed by atoms with Crippen molar-refractivity contribution in [2.24, 2.45) is 0 Å². The number of benzene rings is 1. The summed E-state index contributed by atoms with van der Waals surface area (Å²) in [7, 11) is 1.70. The maximum absolute atomic E-state index is 12.9. The summed E-state index contributed by atoms with van der Waals surface area (Å²) in [5.74, 6) is 1.39. The molecule has 0 spiro atoms. The number of hydrogen-bond acceptors (Lipinski definition) is 5. The van der Waals surface area contributed by atoms with Crippen molar-refractivity contribution in [3.8, 4) is 11.5 Å². The van der Waals surface area contributed by atoms with Gasteiger partial charge in [-0.25, -0.2) is 0 Å². The zero-order valence-corrected chi connectivity index (χ0v) is 18.9. The molecule has 0 bridgehead atoms. The Kier molecular flexibility index (Phi) is 7.29. The minimum Gasteiger partial charge on any atom is -0.486 e. The summed E-state index contributed by atoms with van der Waals surface area (Å²) in [4.78, 5) is 18.1. The number of fused-ring (bicyclic) bond motifs is 2. The topological polar surface area (TPSA) is 75.8 Å². The van der Waals surface area contributed by atoms with Gasteiger partial charge in [0.2, 0.25) is 0 Å². The molecule has 4 rings (SSSR count). The van der Waals surface area contributed by atoms with Crippen LogP contribution in [0.25, 0.3) is 10.9 Å². The lowest BCUT2D eigenvalue weighted by Crippen LogP contribution is -2.47. The van der Waals surface area contributed by atoms with Gasteiger partial charge in [-0.2, -0.15) is 0 Å². The van der Waals surface area contributed by atoms with Gasteiger partial charge in [0.15, 0.2) is 16.6 Å². The summed E-state index contributed by atoms with van der Waals surface area (Å²) in [6.45, 7) is 2.99. The van der Waals surface area contributed by atoms with E-state index in [1.54, 1.807) is 7.11 Å².